The van der Waals surface area contributed by atoms with Crippen molar-refractivity contribution in [3.05, 3.63) is 59.3 Å². The summed E-state index contributed by atoms with van der Waals surface area (Å²) >= 11 is 0. The summed E-state index contributed by atoms with van der Waals surface area (Å²) in [7, 11) is 0. The summed E-state index contributed by atoms with van der Waals surface area (Å²) in [6, 6.07) is 7.10. The molecular weight excluding hydrogens is 465 g/mol. The van der Waals surface area contributed by atoms with Crippen LogP contribution in [-0.2, 0) is 13.1 Å². The Labute approximate surface area is 175 Å². The topological polar surface area (TPSA) is 58.5 Å². The lowest BCUT2D eigenvalue weighted by Crippen LogP contribution is -2.37. The molecule has 27 heavy (non-hydrogen) atoms. The van der Waals surface area contributed by atoms with Crippen molar-refractivity contribution in [1.82, 2.24) is 15.6 Å². The lowest BCUT2D eigenvalue weighted by molar-refractivity contribution is 0.301. The van der Waals surface area contributed by atoms with Crippen molar-refractivity contribution >= 4 is 29.9 Å². The molecule has 2 rings (SSSR count). The van der Waals surface area contributed by atoms with Crippen molar-refractivity contribution in [2.45, 2.75) is 33.4 Å². The van der Waals surface area contributed by atoms with Crippen molar-refractivity contribution in [3.63, 3.8) is 0 Å². The molecule has 0 aliphatic rings. The van der Waals surface area contributed by atoms with E-state index in [0.717, 1.165) is 30.2 Å². The van der Waals surface area contributed by atoms with Gasteiger partial charge in [0.2, 0.25) is 5.88 Å². The number of nitrogens with zero attached hydrogens (tertiary/aromatic N) is 2. The number of aliphatic imine (C=N–C) groups is 1. The van der Waals surface area contributed by atoms with E-state index in [1.165, 1.54) is 0 Å². The maximum atomic E-state index is 13.7. The lowest BCUT2D eigenvalue weighted by Gasteiger charge is -2.13. The van der Waals surface area contributed by atoms with Crippen LogP contribution in [0.5, 0.6) is 5.88 Å². The number of halogens is 3. The molecule has 0 aliphatic heterocycles. The van der Waals surface area contributed by atoms with Gasteiger partial charge in [-0.15, -0.1) is 24.0 Å². The average Bonchev–Trinajstić information content (AvgIpc) is 2.65. The Morgan fingerprint density at radius 1 is 1.15 bits per heavy atom. The van der Waals surface area contributed by atoms with E-state index in [2.05, 4.69) is 20.6 Å². The van der Waals surface area contributed by atoms with Gasteiger partial charge in [-0.05, 0) is 37.6 Å². The molecule has 5 nitrogen and oxygen atoms in total. The van der Waals surface area contributed by atoms with Crippen molar-refractivity contribution in [2.24, 2.45) is 4.99 Å². The Morgan fingerprint density at radius 2 is 1.96 bits per heavy atom. The van der Waals surface area contributed by atoms with Gasteiger partial charge >= 0.3 is 0 Å². The molecule has 0 radical (unpaired) electrons. The fourth-order valence-corrected chi connectivity index (χ4v) is 2.24. The second kappa shape index (κ2) is 12.4. The number of pyridine rings is 1. The number of aromatic nitrogens is 1. The summed E-state index contributed by atoms with van der Waals surface area (Å²) in [5.41, 5.74) is 1.10. The van der Waals surface area contributed by atoms with Crippen LogP contribution in [0.2, 0.25) is 0 Å². The molecule has 0 spiro atoms. The summed E-state index contributed by atoms with van der Waals surface area (Å²) in [5, 5.41) is 6.24. The van der Waals surface area contributed by atoms with Gasteiger partial charge in [-0.25, -0.2) is 18.8 Å². The molecule has 0 fully saturated rings. The maximum absolute atomic E-state index is 13.7. The number of guanidine groups is 1. The predicted octanol–water partition coefficient (Wildman–Crippen LogP) is 4.02. The van der Waals surface area contributed by atoms with Crippen LogP contribution in [0.4, 0.5) is 8.78 Å². The van der Waals surface area contributed by atoms with Crippen LogP contribution < -0.4 is 15.4 Å². The fraction of sp³-hybridized carbons (Fsp3) is 0.368. The minimum Gasteiger partial charge on any atom is -0.477 e. The zero-order valence-electron chi connectivity index (χ0n) is 15.5. The highest BCUT2D eigenvalue weighted by Gasteiger charge is 2.07. The highest BCUT2D eigenvalue weighted by atomic mass is 127. The van der Waals surface area contributed by atoms with E-state index in [1.807, 2.05) is 26.0 Å². The van der Waals surface area contributed by atoms with Crippen molar-refractivity contribution in [3.8, 4) is 5.88 Å². The van der Waals surface area contributed by atoms with Crippen molar-refractivity contribution in [2.75, 3.05) is 13.2 Å². The van der Waals surface area contributed by atoms with Gasteiger partial charge in [-0.3, -0.25) is 0 Å². The smallest absolute Gasteiger partial charge is 0.218 e. The van der Waals surface area contributed by atoms with Gasteiger partial charge in [0.25, 0.3) is 0 Å². The number of rotatable bonds is 8. The van der Waals surface area contributed by atoms with Crippen molar-refractivity contribution in [1.29, 1.82) is 0 Å². The van der Waals surface area contributed by atoms with Crippen LogP contribution in [0.3, 0.4) is 0 Å². The van der Waals surface area contributed by atoms with Crippen LogP contribution in [0.25, 0.3) is 0 Å². The van der Waals surface area contributed by atoms with Gasteiger partial charge < -0.3 is 15.4 Å². The second-order valence-corrected chi connectivity index (χ2v) is 5.60. The molecule has 0 atom stereocenters. The summed E-state index contributed by atoms with van der Waals surface area (Å²) in [5.74, 6) is 0.117. The zero-order chi connectivity index (χ0) is 18.8. The molecule has 0 saturated carbocycles. The monoisotopic (exact) mass is 490 g/mol. The Bertz CT molecular complexity index is 743. The summed E-state index contributed by atoms with van der Waals surface area (Å²) in [4.78, 5) is 8.56. The van der Waals surface area contributed by atoms with E-state index in [-0.39, 0.29) is 36.1 Å². The van der Waals surface area contributed by atoms with E-state index in [9.17, 15) is 8.78 Å². The molecule has 0 saturated heterocycles. The number of benzene rings is 1. The van der Waals surface area contributed by atoms with Gasteiger partial charge in [0.05, 0.1) is 13.2 Å². The lowest BCUT2D eigenvalue weighted by atomic mass is 10.2. The fourth-order valence-electron chi connectivity index (χ4n) is 2.24. The molecule has 148 valence electrons. The van der Waals surface area contributed by atoms with E-state index in [4.69, 9.17) is 4.74 Å². The first-order chi connectivity index (χ1) is 12.6. The molecule has 2 N–H and O–H groups in total. The van der Waals surface area contributed by atoms with Gasteiger partial charge in [-0.2, -0.15) is 0 Å². The molecule has 1 aromatic carbocycles. The summed E-state index contributed by atoms with van der Waals surface area (Å²) in [6.07, 6.45) is 2.58. The predicted molar refractivity (Wildman–Crippen MR) is 113 cm³/mol. The molecular formula is C19H25F2IN4O. The number of ether oxygens (including phenoxy) is 1. The first-order valence-electron chi connectivity index (χ1n) is 8.66. The van der Waals surface area contributed by atoms with E-state index >= 15 is 0 Å². The van der Waals surface area contributed by atoms with Crippen LogP contribution in [0, 0.1) is 11.6 Å². The maximum Gasteiger partial charge on any atom is 0.218 e. The SMILES string of the molecule is CCCOc1ncccc1CNC(=NCc1cc(F)ccc1F)NCC.I. The highest BCUT2D eigenvalue weighted by molar-refractivity contribution is 14.0. The molecule has 0 bridgehead atoms. The van der Waals surface area contributed by atoms with Gasteiger partial charge in [0.1, 0.15) is 11.6 Å². The van der Waals surface area contributed by atoms with E-state index in [1.54, 1.807) is 6.20 Å². The largest absolute Gasteiger partial charge is 0.477 e. The number of hydrogen-bond donors (Lipinski definition) is 2. The quantitative estimate of drug-likeness (QED) is 0.334. The second-order valence-electron chi connectivity index (χ2n) is 5.60. The third kappa shape index (κ3) is 7.66. The number of hydrogen-bond acceptors (Lipinski definition) is 3. The van der Waals surface area contributed by atoms with Crippen LogP contribution in [-0.4, -0.2) is 24.1 Å². The van der Waals surface area contributed by atoms with Gasteiger partial charge in [0, 0.05) is 30.4 Å². The Hall–Kier alpha value is -1.97. The average molecular weight is 490 g/mol. The summed E-state index contributed by atoms with van der Waals surface area (Å²) in [6.45, 7) is 5.68. The Morgan fingerprint density at radius 3 is 2.70 bits per heavy atom. The van der Waals surface area contributed by atoms with Gasteiger partial charge in [-0.1, -0.05) is 13.0 Å². The number of nitrogens with one attached hydrogen (secondary N) is 2. The first-order valence-corrected chi connectivity index (χ1v) is 8.66. The van der Waals surface area contributed by atoms with Crippen LogP contribution >= 0.6 is 24.0 Å². The van der Waals surface area contributed by atoms with Gasteiger partial charge in [0.15, 0.2) is 5.96 Å². The van der Waals surface area contributed by atoms with Crippen molar-refractivity contribution < 1.29 is 13.5 Å². The Kier molecular flexibility index (Phi) is 10.6. The zero-order valence-corrected chi connectivity index (χ0v) is 17.8. The Balaban J connectivity index is 0.00000364. The standard InChI is InChI=1S/C19H24F2N4O.HI/c1-3-10-26-18-14(6-5-9-23-18)12-24-19(22-4-2)25-13-15-11-16(20)7-8-17(15)21;/h5-9,11H,3-4,10,12-13H2,1-2H3,(H2,22,24,25);1H. The normalized spacial score (nSPS) is 10.9. The molecule has 0 amide bonds. The summed E-state index contributed by atoms with van der Waals surface area (Å²) < 4.78 is 32.6. The molecule has 0 aliphatic carbocycles. The molecule has 2 aromatic rings. The van der Waals surface area contributed by atoms with E-state index in [0.29, 0.717) is 31.5 Å². The minimum atomic E-state index is -0.484. The highest BCUT2D eigenvalue weighted by Crippen LogP contribution is 2.14. The molecule has 1 heterocycles. The molecule has 0 unspecified atom stereocenters. The minimum absolute atomic E-state index is 0. The first kappa shape index (κ1) is 23.1. The van der Waals surface area contributed by atoms with Crippen LogP contribution in [0.1, 0.15) is 31.4 Å². The molecule has 8 heteroatoms. The van der Waals surface area contributed by atoms with E-state index < -0.39 is 11.6 Å². The third-order valence-electron chi connectivity index (χ3n) is 3.50. The molecule has 1 aromatic heterocycles. The van der Waals surface area contributed by atoms with Crippen LogP contribution in [0.15, 0.2) is 41.5 Å². The third-order valence-corrected chi connectivity index (χ3v) is 3.50.